The van der Waals surface area contributed by atoms with E-state index in [4.69, 9.17) is 0 Å². The standard InChI is InChI=1S/C18H28N2O2S/c1-16-4-6-17(7-5-16)8-9-18-10-14-20(15-11-18)23(21,22)19-12-2-3-13-19/h4-7,18H,2-3,8-15H2,1H3. The number of aryl methyl sites for hydroxylation is 2. The fourth-order valence-electron chi connectivity index (χ4n) is 3.64. The smallest absolute Gasteiger partial charge is 0.195 e. The summed E-state index contributed by atoms with van der Waals surface area (Å²) < 4.78 is 28.5. The van der Waals surface area contributed by atoms with E-state index < -0.39 is 10.2 Å². The van der Waals surface area contributed by atoms with Crippen molar-refractivity contribution in [1.82, 2.24) is 8.61 Å². The van der Waals surface area contributed by atoms with Gasteiger partial charge in [0.1, 0.15) is 0 Å². The van der Waals surface area contributed by atoms with Crippen molar-refractivity contribution in [2.24, 2.45) is 5.92 Å². The van der Waals surface area contributed by atoms with Crippen LogP contribution in [0.3, 0.4) is 0 Å². The maximum absolute atomic E-state index is 12.6. The Morgan fingerprint density at radius 3 is 2.13 bits per heavy atom. The summed E-state index contributed by atoms with van der Waals surface area (Å²) in [6.45, 7) is 4.90. The Hall–Kier alpha value is -0.910. The van der Waals surface area contributed by atoms with E-state index in [1.54, 1.807) is 8.61 Å². The topological polar surface area (TPSA) is 40.6 Å². The molecular formula is C18H28N2O2S. The lowest BCUT2D eigenvalue weighted by Gasteiger charge is -2.33. The van der Waals surface area contributed by atoms with Gasteiger partial charge in [-0.2, -0.15) is 17.0 Å². The summed E-state index contributed by atoms with van der Waals surface area (Å²) in [6.07, 6.45) is 6.28. The van der Waals surface area contributed by atoms with Crippen LogP contribution in [0.25, 0.3) is 0 Å². The van der Waals surface area contributed by atoms with Crippen molar-refractivity contribution in [1.29, 1.82) is 0 Å². The molecule has 4 nitrogen and oxygen atoms in total. The highest BCUT2D eigenvalue weighted by Gasteiger charge is 2.33. The van der Waals surface area contributed by atoms with Crippen molar-refractivity contribution < 1.29 is 8.42 Å². The van der Waals surface area contributed by atoms with E-state index in [1.165, 1.54) is 17.5 Å². The molecule has 2 heterocycles. The summed E-state index contributed by atoms with van der Waals surface area (Å²) in [6, 6.07) is 8.76. The minimum atomic E-state index is -3.19. The molecular weight excluding hydrogens is 308 g/mol. The first kappa shape index (κ1) is 16.9. The number of hydrogen-bond donors (Lipinski definition) is 0. The van der Waals surface area contributed by atoms with Gasteiger partial charge in [0, 0.05) is 26.2 Å². The predicted octanol–water partition coefficient (Wildman–Crippen LogP) is 2.98. The minimum Gasteiger partial charge on any atom is -0.195 e. The molecule has 0 saturated carbocycles. The largest absolute Gasteiger partial charge is 0.281 e. The fourth-order valence-corrected chi connectivity index (χ4v) is 5.35. The van der Waals surface area contributed by atoms with Gasteiger partial charge in [0.2, 0.25) is 0 Å². The SMILES string of the molecule is Cc1ccc(CCC2CCN(S(=O)(=O)N3CCCC3)CC2)cc1. The molecule has 0 bridgehead atoms. The molecule has 0 amide bonds. The molecule has 1 aromatic carbocycles. The van der Waals surface area contributed by atoms with Gasteiger partial charge in [-0.3, -0.25) is 0 Å². The molecule has 3 rings (SSSR count). The summed E-state index contributed by atoms with van der Waals surface area (Å²) in [7, 11) is -3.19. The molecule has 2 aliphatic rings. The molecule has 2 saturated heterocycles. The van der Waals surface area contributed by atoms with E-state index in [0.29, 0.717) is 32.1 Å². The summed E-state index contributed by atoms with van der Waals surface area (Å²) in [5.74, 6) is 0.654. The average Bonchev–Trinajstić information content (AvgIpc) is 3.10. The van der Waals surface area contributed by atoms with Crippen molar-refractivity contribution in [3.63, 3.8) is 0 Å². The molecule has 128 valence electrons. The van der Waals surface area contributed by atoms with Gasteiger partial charge in [0.05, 0.1) is 0 Å². The predicted molar refractivity (Wildman–Crippen MR) is 93.5 cm³/mol. The molecule has 5 heteroatoms. The lowest BCUT2D eigenvalue weighted by atomic mass is 9.91. The summed E-state index contributed by atoms with van der Waals surface area (Å²) in [5.41, 5.74) is 2.69. The number of nitrogens with zero attached hydrogens (tertiary/aromatic N) is 2. The van der Waals surface area contributed by atoms with E-state index in [1.807, 2.05) is 0 Å². The monoisotopic (exact) mass is 336 g/mol. The highest BCUT2D eigenvalue weighted by molar-refractivity contribution is 7.86. The van der Waals surface area contributed by atoms with E-state index in [-0.39, 0.29) is 0 Å². The Balaban J connectivity index is 1.47. The van der Waals surface area contributed by atoms with Crippen molar-refractivity contribution in [2.45, 2.75) is 45.4 Å². The third-order valence-electron chi connectivity index (χ3n) is 5.25. The van der Waals surface area contributed by atoms with Crippen LogP contribution in [0.5, 0.6) is 0 Å². The van der Waals surface area contributed by atoms with Crippen LogP contribution in [0, 0.1) is 12.8 Å². The van der Waals surface area contributed by atoms with Crippen molar-refractivity contribution in [3.8, 4) is 0 Å². The van der Waals surface area contributed by atoms with Gasteiger partial charge in [0.25, 0.3) is 10.2 Å². The molecule has 23 heavy (non-hydrogen) atoms. The molecule has 0 aliphatic carbocycles. The molecule has 0 aromatic heterocycles. The van der Waals surface area contributed by atoms with Gasteiger partial charge in [0.15, 0.2) is 0 Å². The first-order valence-corrected chi connectivity index (χ1v) is 10.3. The van der Waals surface area contributed by atoms with Crippen molar-refractivity contribution >= 4 is 10.2 Å². The zero-order valence-electron chi connectivity index (χ0n) is 14.1. The van der Waals surface area contributed by atoms with Gasteiger partial charge in [-0.15, -0.1) is 0 Å². The quantitative estimate of drug-likeness (QED) is 0.829. The van der Waals surface area contributed by atoms with E-state index >= 15 is 0 Å². The van der Waals surface area contributed by atoms with Crippen LogP contribution in [0.4, 0.5) is 0 Å². The van der Waals surface area contributed by atoms with Crippen LogP contribution >= 0.6 is 0 Å². The Bertz CT molecular complexity index is 598. The van der Waals surface area contributed by atoms with Gasteiger partial charge in [-0.25, -0.2) is 0 Å². The Labute approximate surface area is 140 Å². The summed E-state index contributed by atoms with van der Waals surface area (Å²) >= 11 is 0. The third-order valence-corrected chi connectivity index (χ3v) is 7.29. The van der Waals surface area contributed by atoms with Crippen LogP contribution in [0.15, 0.2) is 24.3 Å². The number of rotatable bonds is 5. The fraction of sp³-hybridized carbons (Fsp3) is 0.667. The molecule has 0 atom stereocenters. The Morgan fingerprint density at radius 2 is 1.52 bits per heavy atom. The number of piperidine rings is 1. The second-order valence-electron chi connectivity index (χ2n) is 6.98. The second-order valence-corrected chi connectivity index (χ2v) is 8.91. The van der Waals surface area contributed by atoms with Gasteiger partial charge in [-0.1, -0.05) is 29.8 Å². The summed E-state index contributed by atoms with van der Waals surface area (Å²) in [4.78, 5) is 0. The Morgan fingerprint density at radius 1 is 0.957 bits per heavy atom. The van der Waals surface area contributed by atoms with Crippen molar-refractivity contribution in [3.05, 3.63) is 35.4 Å². The van der Waals surface area contributed by atoms with E-state index in [0.717, 1.165) is 32.1 Å². The lowest BCUT2D eigenvalue weighted by Crippen LogP contribution is -2.46. The molecule has 2 aliphatic heterocycles. The van der Waals surface area contributed by atoms with Crippen molar-refractivity contribution in [2.75, 3.05) is 26.2 Å². The zero-order chi connectivity index (χ0) is 16.3. The van der Waals surface area contributed by atoms with Crippen LogP contribution in [-0.4, -0.2) is 43.2 Å². The van der Waals surface area contributed by atoms with E-state index in [2.05, 4.69) is 31.2 Å². The highest BCUT2D eigenvalue weighted by Crippen LogP contribution is 2.26. The van der Waals surface area contributed by atoms with Gasteiger partial charge < -0.3 is 0 Å². The van der Waals surface area contributed by atoms with Gasteiger partial charge in [-0.05, 0) is 56.9 Å². The maximum Gasteiger partial charge on any atom is 0.281 e. The summed E-state index contributed by atoms with van der Waals surface area (Å²) in [5, 5.41) is 0. The zero-order valence-corrected chi connectivity index (χ0v) is 14.9. The highest BCUT2D eigenvalue weighted by atomic mass is 32.2. The number of benzene rings is 1. The maximum atomic E-state index is 12.6. The second kappa shape index (κ2) is 7.32. The van der Waals surface area contributed by atoms with Crippen LogP contribution < -0.4 is 0 Å². The lowest BCUT2D eigenvalue weighted by molar-refractivity contribution is 0.250. The molecule has 0 N–H and O–H groups in total. The molecule has 1 aromatic rings. The van der Waals surface area contributed by atoms with Crippen LogP contribution in [0.1, 0.15) is 43.2 Å². The molecule has 0 spiro atoms. The van der Waals surface area contributed by atoms with E-state index in [9.17, 15) is 8.42 Å². The first-order valence-electron chi connectivity index (χ1n) is 8.86. The molecule has 0 radical (unpaired) electrons. The van der Waals surface area contributed by atoms with Gasteiger partial charge >= 0.3 is 0 Å². The normalized spacial score (nSPS) is 21.8. The van der Waals surface area contributed by atoms with Crippen LogP contribution in [0.2, 0.25) is 0 Å². The van der Waals surface area contributed by atoms with Crippen LogP contribution in [-0.2, 0) is 16.6 Å². The molecule has 0 unspecified atom stereocenters. The Kier molecular flexibility index (Phi) is 5.39. The number of hydrogen-bond acceptors (Lipinski definition) is 2. The minimum absolute atomic E-state index is 0.654. The average molecular weight is 337 g/mol. The third kappa shape index (κ3) is 4.14. The molecule has 2 fully saturated rings. The first-order chi connectivity index (χ1) is 11.1.